The zero-order chi connectivity index (χ0) is 28.8. The summed E-state index contributed by atoms with van der Waals surface area (Å²) in [5.74, 6) is -0.423. The van der Waals surface area contributed by atoms with E-state index in [2.05, 4.69) is 25.0 Å². The SMILES string of the molecule is N[C@H]1CN(c2ncc(C(=O)N(C3CC3)C3CCN(c4nc([C@@H]5CCCO5)no4)CC3)cn2)C[C@@H]1c1cc(F)ccc1F. The summed E-state index contributed by atoms with van der Waals surface area (Å²) >= 11 is 0. The van der Waals surface area contributed by atoms with Crippen LogP contribution in [0.1, 0.15) is 72.3 Å². The quantitative estimate of drug-likeness (QED) is 0.445. The second-order valence-electron chi connectivity index (χ2n) is 11.7. The molecule has 1 amide bonds. The molecule has 2 N–H and O–H groups in total. The summed E-state index contributed by atoms with van der Waals surface area (Å²) in [4.78, 5) is 33.2. The second-order valence-corrected chi connectivity index (χ2v) is 11.7. The predicted molar refractivity (Wildman–Crippen MR) is 148 cm³/mol. The Morgan fingerprint density at radius 1 is 1.00 bits per heavy atom. The monoisotopic (exact) mass is 580 g/mol. The van der Waals surface area contributed by atoms with E-state index in [0.717, 1.165) is 57.3 Å². The lowest BCUT2D eigenvalue weighted by atomic mass is 9.94. The molecule has 3 aliphatic heterocycles. The lowest BCUT2D eigenvalue weighted by molar-refractivity contribution is 0.0628. The molecule has 4 aliphatic rings. The molecule has 13 heteroatoms. The van der Waals surface area contributed by atoms with Crippen LogP contribution in [-0.2, 0) is 4.74 Å². The number of carbonyl (C=O) groups excluding carboxylic acids is 1. The summed E-state index contributed by atoms with van der Waals surface area (Å²) in [5, 5.41) is 4.13. The van der Waals surface area contributed by atoms with Crippen molar-refractivity contribution in [2.45, 2.75) is 68.7 Å². The fraction of sp³-hybridized carbons (Fsp3) is 0.552. The van der Waals surface area contributed by atoms with Gasteiger partial charge in [0.05, 0.1) is 5.56 Å². The van der Waals surface area contributed by atoms with Crippen LogP contribution < -0.4 is 15.5 Å². The van der Waals surface area contributed by atoms with E-state index in [1.54, 1.807) is 12.4 Å². The number of rotatable bonds is 7. The molecule has 7 rings (SSSR count). The van der Waals surface area contributed by atoms with Crippen LogP contribution >= 0.6 is 0 Å². The van der Waals surface area contributed by atoms with Gasteiger partial charge in [0.1, 0.15) is 17.7 Å². The van der Waals surface area contributed by atoms with Gasteiger partial charge in [-0.05, 0) is 62.3 Å². The number of nitrogens with zero attached hydrogens (tertiary/aromatic N) is 7. The highest BCUT2D eigenvalue weighted by atomic mass is 19.1. The molecule has 1 saturated carbocycles. The first kappa shape index (κ1) is 27.1. The van der Waals surface area contributed by atoms with Gasteiger partial charge < -0.3 is 29.7 Å². The number of hydrogen-bond donors (Lipinski definition) is 1. The first-order chi connectivity index (χ1) is 20.4. The Balaban J connectivity index is 0.991. The van der Waals surface area contributed by atoms with Crippen molar-refractivity contribution < 1.29 is 22.8 Å². The van der Waals surface area contributed by atoms with Crippen LogP contribution in [0, 0.1) is 11.6 Å². The fourth-order valence-corrected chi connectivity index (χ4v) is 6.45. The lowest BCUT2D eigenvalue weighted by Gasteiger charge is -2.38. The van der Waals surface area contributed by atoms with Gasteiger partial charge in [0.2, 0.25) is 11.8 Å². The smallest absolute Gasteiger partial charge is 0.324 e. The van der Waals surface area contributed by atoms with Gasteiger partial charge in [-0.2, -0.15) is 4.98 Å². The summed E-state index contributed by atoms with van der Waals surface area (Å²) in [5.41, 5.74) is 6.99. The molecular weight excluding hydrogens is 546 g/mol. The molecule has 0 bridgehead atoms. The maximum absolute atomic E-state index is 14.4. The number of hydrogen-bond acceptors (Lipinski definition) is 10. The van der Waals surface area contributed by atoms with Gasteiger partial charge in [-0.3, -0.25) is 4.79 Å². The third-order valence-electron chi connectivity index (χ3n) is 8.84. The molecule has 1 aromatic carbocycles. The average molecular weight is 581 g/mol. The first-order valence-corrected chi connectivity index (χ1v) is 14.7. The number of piperidine rings is 1. The zero-order valence-corrected chi connectivity index (χ0v) is 23.2. The van der Waals surface area contributed by atoms with Crippen molar-refractivity contribution in [3.63, 3.8) is 0 Å². The third-order valence-corrected chi connectivity index (χ3v) is 8.84. The van der Waals surface area contributed by atoms with E-state index in [-0.39, 0.29) is 29.7 Å². The van der Waals surface area contributed by atoms with Crippen LogP contribution in [0.2, 0.25) is 0 Å². The normalized spacial score (nSPS) is 24.9. The Hall–Kier alpha value is -3.71. The van der Waals surface area contributed by atoms with Crippen LogP contribution in [0.4, 0.5) is 20.7 Å². The molecule has 11 nitrogen and oxygen atoms in total. The van der Waals surface area contributed by atoms with Crippen molar-refractivity contribution >= 4 is 17.9 Å². The number of halogens is 2. The lowest BCUT2D eigenvalue weighted by Crippen LogP contribution is -2.48. The van der Waals surface area contributed by atoms with Crippen LogP contribution in [0.3, 0.4) is 0 Å². The van der Waals surface area contributed by atoms with E-state index < -0.39 is 23.6 Å². The molecule has 1 aliphatic carbocycles. The molecule has 0 spiro atoms. The van der Waals surface area contributed by atoms with Gasteiger partial charge in [-0.1, -0.05) is 5.16 Å². The van der Waals surface area contributed by atoms with E-state index in [1.165, 1.54) is 6.07 Å². The van der Waals surface area contributed by atoms with Gasteiger partial charge in [0.25, 0.3) is 5.91 Å². The van der Waals surface area contributed by atoms with E-state index in [1.807, 2.05) is 9.80 Å². The number of amides is 1. The van der Waals surface area contributed by atoms with Crippen LogP contribution in [0.15, 0.2) is 35.1 Å². The predicted octanol–water partition coefficient (Wildman–Crippen LogP) is 3.19. The van der Waals surface area contributed by atoms with Gasteiger partial charge in [-0.15, -0.1) is 0 Å². The fourth-order valence-electron chi connectivity index (χ4n) is 6.45. The molecule has 4 fully saturated rings. The maximum atomic E-state index is 14.4. The Morgan fingerprint density at radius 3 is 2.48 bits per heavy atom. The van der Waals surface area contributed by atoms with Crippen LogP contribution in [0.25, 0.3) is 0 Å². The van der Waals surface area contributed by atoms with Crippen molar-refractivity contribution in [1.82, 2.24) is 25.0 Å². The molecule has 5 heterocycles. The molecule has 42 heavy (non-hydrogen) atoms. The molecule has 0 unspecified atom stereocenters. The Kier molecular flexibility index (Phi) is 7.22. The second kappa shape index (κ2) is 11.2. The van der Waals surface area contributed by atoms with Crippen molar-refractivity contribution in [3.05, 3.63) is 59.2 Å². The number of ether oxygens (including phenoxy) is 1. The molecule has 3 aromatic rings. The first-order valence-electron chi connectivity index (χ1n) is 14.7. The molecule has 0 radical (unpaired) electrons. The van der Waals surface area contributed by atoms with Crippen LogP contribution in [0.5, 0.6) is 0 Å². The summed E-state index contributed by atoms with van der Waals surface area (Å²) in [7, 11) is 0. The van der Waals surface area contributed by atoms with E-state index >= 15 is 0 Å². The van der Waals surface area contributed by atoms with Crippen LogP contribution in [-0.4, -0.2) is 81.8 Å². The summed E-state index contributed by atoms with van der Waals surface area (Å²) in [6, 6.07) is 3.85. The van der Waals surface area contributed by atoms with E-state index in [0.29, 0.717) is 49.5 Å². The molecular formula is C29H34F2N8O3. The minimum absolute atomic E-state index is 0.0706. The van der Waals surface area contributed by atoms with Gasteiger partial charge in [0, 0.05) is 69.2 Å². The van der Waals surface area contributed by atoms with E-state index in [9.17, 15) is 13.6 Å². The summed E-state index contributed by atoms with van der Waals surface area (Å²) in [6.07, 6.45) is 8.51. The van der Waals surface area contributed by atoms with E-state index in [4.69, 9.17) is 15.0 Å². The minimum atomic E-state index is -0.500. The number of anilines is 2. The Labute approximate surface area is 242 Å². The highest BCUT2D eigenvalue weighted by Crippen LogP contribution is 2.35. The third kappa shape index (κ3) is 5.31. The Morgan fingerprint density at radius 2 is 1.76 bits per heavy atom. The van der Waals surface area contributed by atoms with Gasteiger partial charge in [-0.25, -0.2) is 18.7 Å². The molecule has 3 atom stereocenters. The maximum Gasteiger partial charge on any atom is 0.324 e. The minimum Gasteiger partial charge on any atom is -0.370 e. The van der Waals surface area contributed by atoms with Crippen molar-refractivity contribution in [3.8, 4) is 0 Å². The molecule has 2 aromatic heterocycles. The van der Waals surface area contributed by atoms with Gasteiger partial charge in [0.15, 0.2) is 0 Å². The summed E-state index contributed by atoms with van der Waals surface area (Å²) in [6.45, 7) is 2.91. The highest BCUT2D eigenvalue weighted by Gasteiger charge is 2.40. The standard InChI is InChI=1S/C29H34F2N8O3/c30-18-3-6-23(31)21(12-18)22-15-38(16-24(22)32)28-33-13-17(14-34-28)27(40)39(19-4-5-19)20-7-9-37(10-8-20)29-35-26(36-42-29)25-2-1-11-41-25/h3,6,12-14,19-20,22,24-25H,1-2,4-5,7-11,15-16,32H2/t22-,24+,25+/m1/s1. The zero-order valence-electron chi connectivity index (χ0n) is 23.2. The van der Waals surface area contributed by atoms with Crippen molar-refractivity contribution in [2.24, 2.45) is 5.73 Å². The van der Waals surface area contributed by atoms with Gasteiger partial charge >= 0.3 is 6.01 Å². The van der Waals surface area contributed by atoms with Crippen molar-refractivity contribution in [1.29, 1.82) is 0 Å². The largest absolute Gasteiger partial charge is 0.370 e. The molecule has 3 saturated heterocycles. The number of aromatic nitrogens is 4. The van der Waals surface area contributed by atoms with Crippen molar-refractivity contribution in [2.75, 3.05) is 42.6 Å². The Bertz CT molecular complexity index is 1420. The number of nitrogens with two attached hydrogens (primary N) is 1. The average Bonchev–Trinajstić information content (AvgIpc) is 3.37. The molecule has 222 valence electrons. The topological polar surface area (TPSA) is 127 Å². The highest BCUT2D eigenvalue weighted by molar-refractivity contribution is 5.94. The number of benzene rings is 1. The summed E-state index contributed by atoms with van der Waals surface area (Å²) < 4.78 is 39.4. The number of carbonyl (C=O) groups is 1.